The minimum absolute atomic E-state index is 0.729. The molecule has 2 heterocycles. The third-order valence-electron chi connectivity index (χ3n) is 1.74. The van der Waals surface area contributed by atoms with Gasteiger partial charge in [-0.15, -0.1) is 11.3 Å². The van der Waals surface area contributed by atoms with E-state index in [9.17, 15) is 0 Å². The van der Waals surface area contributed by atoms with Crippen molar-refractivity contribution >= 4 is 27.5 Å². The number of hydrogen-bond donors (Lipinski definition) is 1. The Bertz CT molecular complexity index is 396. The summed E-state index contributed by atoms with van der Waals surface area (Å²) in [6.07, 6.45) is 2.95. The van der Waals surface area contributed by atoms with Crippen LogP contribution in [0.3, 0.4) is 0 Å². The first-order chi connectivity index (χ1) is 6.40. The van der Waals surface area contributed by atoms with E-state index in [0.717, 1.165) is 29.1 Å². The summed E-state index contributed by atoms with van der Waals surface area (Å²) in [5, 5.41) is 5.19. The average molecular weight is 193 g/mol. The number of fused-ring (bicyclic) bond motifs is 1. The quantitative estimate of drug-likeness (QED) is 0.814. The van der Waals surface area contributed by atoms with Crippen LogP contribution in [-0.4, -0.2) is 16.5 Å². The standard InChI is InChI=1S/C9H11N3S/c1-2-4-10-9-11-6-8-7(12-9)3-5-13-8/h3,5-6H,2,4H2,1H3,(H,10,11,12). The van der Waals surface area contributed by atoms with Crippen molar-refractivity contribution in [2.75, 3.05) is 11.9 Å². The van der Waals surface area contributed by atoms with Gasteiger partial charge in [-0.1, -0.05) is 6.92 Å². The monoisotopic (exact) mass is 193 g/mol. The van der Waals surface area contributed by atoms with Gasteiger partial charge < -0.3 is 5.32 Å². The first kappa shape index (κ1) is 8.44. The predicted octanol–water partition coefficient (Wildman–Crippen LogP) is 2.51. The fraction of sp³-hybridized carbons (Fsp3) is 0.333. The molecule has 2 aromatic rings. The number of rotatable bonds is 3. The highest BCUT2D eigenvalue weighted by atomic mass is 32.1. The SMILES string of the molecule is CCCNc1ncc2sccc2n1. The Kier molecular flexibility index (Phi) is 2.40. The lowest BCUT2D eigenvalue weighted by atomic mass is 10.5. The minimum atomic E-state index is 0.729. The molecule has 0 aromatic carbocycles. The van der Waals surface area contributed by atoms with Gasteiger partial charge in [0.15, 0.2) is 0 Å². The van der Waals surface area contributed by atoms with Crippen LogP contribution in [0.5, 0.6) is 0 Å². The fourth-order valence-corrected chi connectivity index (χ4v) is 1.78. The highest BCUT2D eigenvalue weighted by Crippen LogP contribution is 2.18. The molecule has 0 aliphatic heterocycles. The number of thiophene rings is 1. The molecule has 0 saturated carbocycles. The summed E-state index contributed by atoms with van der Waals surface area (Å²) in [7, 11) is 0. The number of aromatic nitrogens is 2. The van der Waals surface area contributed by atoms with E-state index in [4.69, 9.17) is 0 Å². The van der Waals surface area contributed by atoms with Crippen molar-refractivity contribution in [3.63, 3.8) is 0 Å². The van der Waals surface area contributed by atoms with Crippen LogP contribution in [-0.2, 0) is 0 Å². The summed E-state index contributed by atoms with van der Waals surface area (Å²) >= 11 is 1.67. The molecule has 0 unspecified atom stereocenters. The van der Waals surface area contributed by atoms with E-state index in [-0.39, 0.29) is 0 Å². The Balaban J connectivity index is 2.26. The third-order valence-corrected chi connectivity index (χ3v) is 2.58. The summed E-state index contributed by atoms with van der Waals surface area (Å²) < 4.78 is 1.14. The van der Waals surface area contributed by atoms with Gasteiger partial charge in [-0.05, 0) is 17.9 Å². The molecular weight excluding hydrogens is 182 g/mol. The fourth-order valence-electron chi connectivity index (χ4n) is 1.09. The molecule has 0 aliphatic rings. The van der Waals surface area contributed by atoms with Crippen molar-refractivity contribution in [2.45, 2.75) is 13.3 Å². The van der Waals surface area contributed by atoms with Crippen LogP contribution in [0.15, 0.2) is 17.6 Å². The van der Waals surface area contributed by atoms with E-state index in [0.29, 0.717) is 0 Å². The smallest absolute Gasteiger partial charge is 0.223 e. The van der Waals surface area contributed by atoms with Crippen molar-refractivity contribution < 1.29 is 0 Å². The number of hydrogen-bond acceptors (Lipinski definition) is 4. The molecule has 0 radical (unpaired) electrons. The van der Waals surface area contributed by atoms with E-state index in [1.807, 2.05) is 17.6 Å². The third kappa shape index (κ3) is 1.78. The predicted molar refractivity (Wildman–Crippen MR) is 56.2 cm³/mol. The molecule has 0 aliphatic carbocycles. The zero-order chi connectivity index (χ0) is 9.10. The summed E-state index contributed by atoms with van der Waals surface area (Å²) in [6, 6.07) is 2.01. The van der Waals surface area contributed by atoms with Crippen LogP contribution < -0.4 is 5.32 Å². The summed E-state index contributed by atoms with van der Waals surface area (Å²) in [5.41, 5.74) is 1.03. The second-order valence-electron chi connectivity index (χ2n) is 2.79. The van der Waals surface area contributed by atoms with Crippen molar-refractivity contribution in [2.24, 2.45) is 0 Å². The molecule has 1 N–H and O–H groups in total. The van der Waals surface area contributed by atoms with Gasteiger partial charge in [-0.3, -0.25) is 0 Å². The second-order valence-corrected chi connectivity index (χ2v) is 3.74. The van der Waals surface area contributed by atoms with Crippen LogP contribution in [0.1, 0.15) is 13.3 Å². The Hall–Kier alpha value is -1.16. The van der Waals surface area contributed by atoms with Crippen LogP contribution in [0.4, 0.5) is 5.95 Å². The van der Waals surface area contributed by atoms with Crippen molar-refractivity contribution in [1.82, 2.24) is 9.97 Å². The lowest BCUT2D eigenvalue weighted by Crippen LogP contribution is -2.03. The van der Waals surface area contributed by atoms with E-state index >= 15 is 0 Å². The largest absolute Gasteiger partial charge is 0.354 e. The number of nitrogens with one attached hydrogen (secondary N) is 1. The Labute approximate surface area is 80.8 Å². The zero-order valence-electron chi connectivity index (χ0n) is 7.45. The Morgan fingerprint density at radius 1 is 1.54 bits per heavy atom. The molecule has 4 heteroatoms. The van der Waals surface area contributed by atoms with Crippen LogP contribution in [0.25, 0.3) is 10.2 Å². The molecule has 0 fully saturated rings. The highest BCUT2D eigenvalue weighted by molar-refractivity contribution is 7.17. The van der Waals surface area contributed by atoms with Crippen LogP contribution in [0, 0.1) is 0 Å². The molecule has 0 saturated heterocycles. The van der Waals surface area contributed by atoms with Gasteiger partial charge >= 0.3 is 0 Å². The number of nitrogens with zero attached hydrogens (tertiary/aromatic N) is 2. The molecule has 2 aromatic heterocycles. The first-order valence-corrected chi connectivity index (χ1v) is 5.22. The van der Waals surface area contributed by atoms with Gasteiger partial charge in [0, 0.05) is 6.54 Å². The molecule has 68 valence electrons. The molecule has 0 amide bonds. The zero-order valence-corrected chi connectivity index (χ0v) is 8.27. The van der Waals surface area contributed by atoms with Gasteiger partial charge in [0.1, 0.15) is 0 Å². The van der Waals surface area contributed by atoms with Crippen molar-refractivity contribution in [1.29, 1.82) is 0 Å². The van der Waals surface area contributed by atoms with Gasteiger partial charge in [0.05, 0.1) is 16.4 Å². The van der Waals surface area contributed by atoms with E-state index in [1.165, 1.54) is 0 Å². The topological polar surface area (TPSA) is 37.8 Å². The second kappa shape index (κ2) is 3.70. The maximum Gasteiger partial charge on any atom is 0.223 e. The lowest BCUT2D eigenvalue weighted by molar-refractivity contribution is 0.957. The van der Waals surface area contributed by atoms with E-state index in [2.05, 4.69) is 22.2 Å². The normalized spacial score (nSPS) is 10.5. The van der Waals surface area contributed by atoms with Gasteiger partial charge in [-0.2, -0.15) is 0 Å². The molecule has 2 rings (SSSR count). The van der Waals surface area contributed by atoms with Gasteiger partial charge in [-0.25, -0.2) is 9.97 Å². The van der Waals surface area contributed by atoms with Crippen LogP contribution in [0.2, 0.25) is 0 Å². The van der Waals surface area contributed by atoms with Gasteiger partial charge in [0.2, 0.25) is 5.95 Å². The molecule has 0 bridgehead atoms. The lowest BCUT2D eigenvalue weighted by Gasteiger charge is -2.00. The molecular formula is C9H11N3S. The first-order valence-electron chi connectivity index (χ1n) is 4.34. The Morgan fingerprint density at radius 2 is 2.46 bits per heavy atom. The molecule has 3 nitrogen and oxygen atoms in total. The van der Waals surface area contributed by atoms with Crippen molar-refractivity contribution in [3.05, 3.63) is 17.6 Å². The Morgan fingerprint density at radius 3 is 3.31 bits per heavy atom. The van der Waals surface area contributed by atoms with Gasteiger partial charge in [0.25, 0.3) is 0 Å². The highest BCUT2D eigenvalue weighted by Gasteiger charge is 1.98. The average Bonchev–Trinajstić information content (AvgIpc) is 2.61. The van der Waals surface area contributed by atoms with E-state index < -0.39 is 0 Å². The summed E-state index contributed by atoms with van der Waals surface area (Å²) in [5.74, 6) is 0.729. The minimum Gasteiger partial charge on any atom is -0.354 e. The molecule has 13 heavy (non-hydrogen) atoms. The summed E-state index contributed by atoms with van der Waals surface area (Å²) in [4.78, 5) is 8.57. The number of anilines is 1. The van der Waals surface area contributed by atoms with Crippen molar-refractivity contribution in [3.8, 4) is 0 Å². The maximum atomic E-state index is 4.36. The molecule has 0 spiro atoms. The summed E-state index contributed by atoms with van der Waals surface area (Å²) in [6.45, 7) is 3.05. The maximum absolute atomic E-state index is 4.36. The van der Waals surface area contributed by atoms with E-state index in [1.54, 1.807) is 11.3 Å². The van der Waals surface area contributed by atoms with Crippen LogP contribution >= 0.6 is 11.3 Å². The molecule has 0 atom stereocenters.